The maximum absolute atomic E-state index is 13.2. The molecule has 1 aromatic carbocycles. The second kappa shape index (κ2) is 6.91. The average Bonchev–Trinajstić information content (AvgIpc) is 2.67. The topological polar surface area (TPSA) is 96.4 Å². The number of ketones is 1. The van der Waals surface area contributed by atoms with Crippen molar-refractivity contribution >= 4 is 11.7 Å². The van der Waals surface area contributed by atoms with Gasteiger partial charge in [-0.1, -0.05) is 32.0 Å². The molecule has 1 aliphatic carbocycles. The van der Waals surface area contributed by atoms with Crippen LogP contribution in [0.1, 0.15) is 49.9 Å². The number of rotatable bonds is 1. The third-order valence-corrected chi connectivity index (χ3v) is 6.82. The Labute approximate surface area is 171 Å². The lowest BCUT2D eigenvalue weighted by molar-refractivity contribution is -0.149. The second-order valence-corrected chi connectivity index (χ2v) is 9.31. The van der Waals surface area contributed by atoms with Gasteiger partial charge in [-0.15, -0.1) is 0 Å². The maximum Gasteiger partial charge on any atom is 0.253 e. The van der Waals surface area contributed by atoms with Gasteiger partial charge in [-0.3, -0.25) is 9.59 Å². The quantitative estimate of drug-likeness (QED) is 0.791. The van der Waals surface area contributed by atoms with Gasteiger partial charge >= 0.3 is 0 Å². The summed E-state index contributed by atoms with van der Waals surface area (Å²) in [5, 5.41) is 9.85. The number of carbonyl (C=O) groups excluding carboxylic acids is 2. The number of allylic oxidation sites excluding steroid dienone is 1. The number of Topliss-reactive ketones (excluding diaryl/α,β-unsaturated/α-hetero) is 1. The zero-order chi connectivity index (χ0) is 20.8. The molecule has 2 fully saturated rings. The Bertz CT molecular complexity index is 905. The predicted octanol–water partition coefficient (Wildman–Crippen LogP) is 3.01. The molecule has 2 atom stereocenters. The number of hydrogen-bond donors (Lipinski definition) is 1. The molecule has 6 heteroatoms. The molecule has 2 N–H and O–H groups in total. The van der Waals surface area contributed by atoms with E-state index in [1.807, 2.05) is 35.2 Å². The molecule has 0 unspecified atom stereocenters. The molecule has 1 spiro atoms. The number of hydrogen-bond acceptors (Lipinski definition) is 5. The fourth-order valence-corrected chi connectivity index (χ4v) is 5.52. The highest BCUT2D eigenvalue weighted by Gasteiger charge is 2.58. The van der Waals surface area contributed by atoms with Gasteiger partial charge in [-0.2, -0.15) is 5.26 Å². The Morgan fingerprint density at radius 1 is 1.24 bits per heavy atom. The molecule has 4 rings (SSSR count). The minimum absolute atomic E-state index is 0.0179. The molecule has 1 amide bonds. The smallest absolute Gasteiger partial charge is 0.253 e. The number of amides is 1. The number of fused-ring (bicyclic) bond motifs is 2. The third kappa shape index (κ3) is 3.19. The van der Waals surface area contributed by atoms with E-state index >= 15 is 0 Å². The fourth-order valence-electron chi connectivity index (χ4n) is 5.52. The molecule has 1 saturated carbocycles. The summed E-state index contributed by atoms with van der Waals surface area (Å²) in [6.45, 7) is 5.12. The highest BCUT2D eigenvalue weighted by molar-refractivity contribution is 5.94. The molecule has 1 saturated heterocycles. The van der Waals surface area contributed by atoms with Crippen molar-refractivity contribution in [1.29, 1.82) is 5.26 Å². The first-order chi connectivity index (χ1) is 13.8. The summed E-state index contributed by atoms with van der Waals surface area (Å²) in [7, 11) is 0. The Balaban J connectivity index is 1.64. The Kier molecular flexibility index (Phi) is 4.65. The molecule has 2 aliphatic heterocycles. The standard InChI is InChI=1S/C23H27N3O3/c1-22(2)12-17(27)19-18(13-22)29-20(25)16(14-24)23(19)8-10-26(11-9-23)21(28)15-6-4-3-5-7-15/h3-7,18-19H,8-13,25H2,1-2H3/t18-,19+/m0/s1. The first-order valence-electron chi connectivity index (χ1n) is 10.2. The molecule has 29 heavy (non-hydrogen) atoms. The van der Waals surface area contributed by atoms with E-state index in [-0.39, 0.29) is 35.0 Å². The van der Waals surface area contributed by atoms with E-state index in [4.69, 9.17) is 10.5 Å². The summed E-state index contributed by atoms with van der Waals surface area (Å²) in [6, 6.07) is 11.4. The van der Waals surface area contributed by atoms with Crippen molar-refractivity contribution in [2.75, 3.05) is 13.1 Å². The van der Waals surface area contributed by atoms with Crippen LogP contribution in [0.5, 0.6) is 0 Å². The third-order valence-electron chi connectivity index (χ3n) is 6.82. The lowest BCUT2D eigenvalue weighted by atomic mass is 9.55. The van der Waals surface area contributed by atoms with Gasteiger partial charge in [0, 0.05) is 30.5 Å². The van der Waals surface area contributed by atoms with Crippen LogP contribution in [0, 0.1) is 28.1 Å². The molecule has 3 aliphatic rings. The van der Waals surface area contributed by atoms with E-state index < -0.39 is 5.41 Å². The van der Waals surface area contributed by atoms with E-state index in [9.17, 15) is 14.9 Å². The van der Waals surface area contributed by atoms with Crippen LogP contribution in [0.2, 0.25) is 0 Å². The molecule has 2 heterocycles. The minimum atomic E-state index is -0.636. The lowest BCUT2D eigenvalue weighted by Gasteiger charge is -2.53. The number of nitrogens with two attached hydrogens (primary N) is 1. The normalized spacial score (nSPS) is 27.8. The molecule has 152 valence electrons. The number of nitriles is 1. The summed E-state index contributed by atoms with van der Waals surface area (Å²) in [5.74, 6) is -0.0847. The van der Waals surface area contributed by atoms with Crippen molar-refractivity contribution < 1.29 is 14.3 Å². The molecule has 1 aromatic rings. The number of carbonyl (C=O) groups is 2. The minimum Gasteiger partial charge on any atom is -0.474 e. The van der Waals surface area contributed by atoms with Gasteiger partial charge in [0.1, 0.15) is 18.0 Å². The monoisotopic (exact) mass is 393 g/mol. The molecule has 0 aromatic heterocycles. The number of likely N-dealkylation sites (tertiary alicyclic amines) is 1. The van der Waals surface area contributed by atoms with Crippen molar-refractivity contribution in [3.8, 4) is 6.07 Å². The van der Waals surface area contributed by atoms with Crippen molar-refractivity contribution in [2.24, 2.45) is 22.5 Å². The first-order valence-corrected chi connectivity index (χ1v) is 10.2. The largest absolute Gasteiger partial charge is 0.474 e. The first kappa shape index (κ1) is 19.5. The number of benzene rings is 1. The van der Waals surface area contributed by atoms with Gasteiger partial charge in [-0.05, 0) is 36.8 Å². The Morgan fingerprint density at radius 3 is 2.52 bits per heavy atom. The predicted molar refractivity (Wildman–Crippen MR) is 107 cm³/mol. The van der Waals surface area contributed by atoms with E-state index in [0.717, 1.165) is 6.42 Å². The van der Waals surface area contributed by atoms with Crippen LogP contribution in [0.3, 0.4) is 0 Å². The van der Waals surface area contributed by atoms with Crippen molar-refractivity contribution in [3.05, 3.63) is 47.4 Å². The second-order valence-electron chi connectivity index (χ2n) is 9.31. The number of nitrogens with zero attached hydrogens (tertiary/aromatic N) is 2. The van der Waals surface area contributed by atoms with Crippen LogP contribution in [0.15, 0.2) is 41.8 Å². The van der Waals surface area contributed by atoms with Crippen LogP contribution in [-0.4, -0.2) is 35.8 Å². The van der Waals surface area contributed by atoms with Crippen LogP contribution in [0.4, 0.5) is 0 Å². The number of piperidine rings is 1. The van der Waals surface area contributed by atoms with E-state index in [0.29, 0.717) is 43.5 Å². The SMILES string of the molecule is CC1(C)CC(=O)[C@@H]2[C@H](C1)OC(N)=C(C#N)C21CCN(C(=O)c2ccccc2)CC1. The summed E-state index contributed by atoms with van der Waals surface area (Å²) in [4.78, 5) is 27.9. The van der Waals surface area contributed by atoms with Crippen molar-refractivity contribution in [1.82, 2.24) is 4.90 Å². The van der Waals surface area contributed by atoms with Crippen LogP contribution in [-0.2, 0) is 9.53 Å². The highest BCUT2D eigenvalue weighted by atomic mass is 16.5. The summed E-state index contributed by atoms with van der Waals surface area (Å²) >= 11 is 0. The maximum atomic E-state index is 13.2. The van der Waals surface area contributed by atoms with Crippen LogP contribution >= 0.6 is 0 Å². The average molecular weight is 393 g/mol. The molecule has 0 bridgehead atoms. The summed E-state index contributed by atoms with van der Waals surface area (Å²) in [5.41, 5.74) is 6.42. The summed E-state index contributed by atoms with van der Waals surface area (Å²) < 4.78 is 5.90. The molecular weight excluding hydrogens is 366 g/mol. The van der Waals surface area contributed by atoms with Crippen molar-refractivity contribution in [3.63, 3.8) is 0 Å². The van der Waals surface area contributed by atoms with Gasteiger partial charge in [0.2, 0.25) is 0 Å². The van der Waals surface area contributed by atoms with Gasteiger partial charge in [0.15, 0.2) is 5.88 Å². The highest BCUT2D eigenvalue weighted by Crippen LogP contribution is 2.55. The Morgan fingerprint density at radius 2 is 1.90 bits per heavy atom. The van der Waals surface area contributed by atoms with Crippen LogP contribution < -0.4 is 5.73 Å². The van der Waals surface area contributed by atoms with E-state index in [2.05, 4.69) is 19.9 Å². The molecular formula is C23H27N3O3. The molecule has 6 nitrogen and oxygen atoms in total. The van der Waals surface area contributed by atoms with Gasteiger partial charge in [0.25, 0.3) is 5.91 Å². The number of ether oxygens (including phenoxy) is 1. The van der Waals surface area contributed by atoms with E-state index in [1.54, 1.807) is 0 Å². The van der Waals surface area contributed by atoms with E-state index in [1.165, 1.54) is 0 Å². The summed E-state index contributed by atoms with van der Waals surface area (Å²) in [6.07, 6.45) is 2.00. The van der Waals surface area contributed by atoms with Gasteiger partial charge < -0.3 is 15.4 Å². The van der Waals surface area contributed by atoms with Gasteiger partial charge in [0.05, 0.1) is 11.5 Å². The lowest BCUT2D eigenvalue weighted by Crippen LogP contribution is -2.58. The van der Waals surface area contributed by atoms with Crippen molar-refractivity contribution in [2.45, 2.75) is 45.6 Å². The van der Waals surface area contributed by atoms with Crippen LogP contribution in [0.25, 0.3) is 0 Å². The Hall–Kier alpha value is -2.81. The van der Waals surface area contributed by atoms with Gasteiger partial charge in [-0.25, -0.2) is 0 Å². The zero-order valence-corrected chi connectivity index (χ0v) is 17.0. The molecule has 0 radical (unpaired) electrons. The zero-order valence-electron chi connectivity index (χ0n) is 17.0. The fraction of sp³-hybridized carbons (Fsp3) is 0.522.